The predicted octanol–water partition coefficient (Wildman–Crippen LogP) is 3.77. The molecule has 0 spiro atoms. The Morgan fingerprint density at radius 2 is 1.80 bits per heavy atom. The highest BCUT2D eigenvalue weighted by Crippen LogP contribution is 2.21. The van der Waals surface area contributed by atoms with Crippen LogP contribution in [0.3, 0.4) is 0 Å². The van der Waals surface area contributed by atoms with Crippen molar-refractivity contribution in [2.24, 2.45) is 0 Å². The maximum Gasteiger partial charge on any atom is 0.387 e. The average molecular weight is 274 g/mol. The van der Waals surface area contributed by atoms with E-state index in [4.69, 9.17) is 5.26 Å². The van der Waals surface area contributed by atoms with Gasteiger partial charge in [0.25, 0.3) is 0 Å². The van der Waals surface area contributed by atoms with Crippen molar-refractivity contribution < 1.29 is 13.5 Å². The Kier molecular flexibility index (Phi) is 4.51. The topological polar surface area (TPSA) is 45.0 Å². The molecule has 0 saturated carbocycles. The highest BCUT2D eigenvalue weighted by Gasteiger charge is 2.08. The number of ether oxygens (including phenoxy) is 1. The van der Waals surface area contributed by atoms with Crippen molar-refractivity contribution >= 4 is 5.69 Å². The molecule has 5 heteroatoms. The van der Waals surface area contributed by atoms with Crippen molar-refractivity contribution in [1.29, 1.82) is 5.26 Å². The summed E-state index contributed by atoms with van der Waals surface area (Å²) >= 11 is 0. The summed E-state index contributed by atoms with van der Waals surface area (Å²) < 4.78 is 29.0. The second kappa shape index (κ2) is 6.53. The van der Waals surface area contributed by atoms with Crippen LogP contribution in [0.25, 0.3) is 0 Å². The lowest BCUT2D eigenvalue weighted by Gasteiger charge is -2.12. The zero-order valence-electron chi connectivity index (χ0n) is 10.5. The Morgan fingerprint density at radius 3 is 2.45 bits per heavy atom. The van der Waals surface area contributed by atoms with Crippen molar-refractivity contribution in [2.75, 3.05) is 5.32 Å². The third-order valence-corrected chi connectivity index (χ3v) is 2.69. The molecule has 2 rings (SSSR count). The lowest BCUT2D eigenvalue weighted by Crippen LogP contribution is -2.07. The van der Waals surface area contributed by atoms with E-state index in [1.54, 1.807) is 42.5 Å². The van der Waals surface area contributed by atoms with Gasteiger partial charge in [0.05, 0.1) is 11.6 Å². The highest BCUT2D eigenvalue weighted by molar-refractivity contribution is 5.48. The van der Waals surface area contributed by atoms with Crippen LogP contribution in [-0.4, -0.2) is 6.61 Å². The van der Waals surface area contributed by atoms with Gasteiger partial charge in [0.1, 0.15) is 5.75 Å². The Bertz CT molecular complexity index is 606. The van der Waals surface area contributed by atoms with E-state index in [1.807, 2.05) is 6.07 Å². The molecule has 2 aromatic rings. The number of anilines is 1. The van der Waals surface area contributed by atoms with Gasteiger partial charge in [0, 0.05) is 17.8 Å². The Hall–Kier alpha value is -2.61. The van der Waals surface area contributed by atoms with Gasteiger partial charge in [-0.15, -0.1) is 0 Å². The Balaban J connectivity index is 2.04. The van der Waals surface area contributed by atoms with Gasteiger partial charge in [-0.2, -0.15) is 14.0 Å². The number of alkyl halides is 2. The molecule has 0 amide bonds. The highest BCUT2D eigenvalue weighted by atomic mass is 19.3. The quantitative estimate of drug-likeness (QED) is 0.902. The van der Waals surface area contributed by atoms with Crippen LogP contribution in [0.1, 0.15) is 11.1 Å². The minimum Gasteiger partial charge on any atom is -0.434 e. The van der Waals surface area contributed by atoms with Crippen LogP contribution < -0.4 is 10.1 Å². The van der Waals surface area contributed by atoms with Gasteiger partial charge in [-0.1, -0.05) is 18.2 Å². The molecule has 0 fully saturated rings. The molecule has 0 atom stereocenters. The van der Waals surface area contributed by atoms with E-state index in [9.17, 15) is 8.78 Å². The van der Waals surface area contributed by atoms with Crippen molar-refractivity contribution in [3.8, 4) is 11.8 Å². The van der Waals surface area contributed by atoms with E-state index in [0.29, 0.717) is 17.7 Å². The SMILES string of the molecule is N#Cc1ccc(NCc2ccccc2OC(F)F)cc1. The van der Waals surface area contributed by atoms with Crippen molar-refractivity contribution in [3.05, 3.63) is 59.7 Å². The predicted molar refractivity (Wildman–Crippen MR) is 71.6 cm³/mol. The first-order chi connectivity index (χ1) is 9.69. The van der Waals surface area contributed by atoms with Crippen LogP contribution in [-0.2, 0) is 6.54 Å². The molecule has 0 aliphatic carbocycles. The number of rotatable bonds is 5. The van der Waals surface area contributed by atoms with Crippen molar-refractivity contribution in [2.45, 2.75) is 13.2 Å². The van der Waals surface area contributed by atoms with E-state index in [1.165, 1.54) is 6.07 Å². The minimum atomic E-state index is -2.84. The lowest BCUT2D eigenvalue weighted by molar-refractivity contribution is -0.0504. The summed E-state index contributed by atoms with van der Waals surface area (Å²) in [4.78, 5) is 0. The number of para-hydroxylation sites is 1. The standard InChI is InChI=1S/C15H12F2N2O/c16-15(17)20-14-4-2-1-3-12(14)10-19-13-7-5-11(9-18)6-8-13/h1-8,15,19H,10H2. The monoisotopic (exact) mass is 274 g/mol. The molecule has 0 bridgehead atoms. The second-order valence-electron chi connectivity index (χ2n) is 4.03. The van der Waals surface area contributed by atoms with E-state index in [-0.39, 0.29) is 5.75 Å². The number of hydrogen-bond donors (Lipinski definition) is 1. The van der Waals surface area contributed by atoms with Crippen LogP contribution in [0.4, 0.5) is 14.5 Å². The largest absolute Gasteiger partial charge is 0.434 e. The molecule has 1 N–H and O–H groups in total. The number of nitrogens with zero attached hydrogens (tertiary/aromatic N) is 1. The van der Waals surface area contributed by atoms with Gasteiger partial charge >= 0.3 is 6.61 Å². The van der Waals surface area contributed by atoms with Gasteiger partial charge < -0.3 is 10.1 Å². The van der Waals surface area contributed by atoms with E-state index >= 15 is 0 Å². The fraction of sp³-hybridized carbons (Fsp3) is 0.133. The fourth-order valence-electron chi connectivity index (χ4n) is 1.72. The van der Waals surface area contributed by atoms with Gasteiger partial charge in [0.2, 0.25) is 0 Å². The summed E-state index contributed by atoms with van der Waals surface area (Å²) in [6.07, 6.45) is 0. The van der Waals surface area contributed by atoms with E-state index in [2.05, 4.69) is 10.1 Å². The number of hydrogen-bond acceptors (Lipinski definition) is 3. The molecule has 0 aliphatic rings. The molecule has 0 radical (unpaired) electrons. The Morgan fingerprint density at radius 1 is 1.10 bits per heavy atom. The van der Waals surface area contributed by atoms with E-state index in [0.717, 1.165) is 5.69 Å². The number of halogens is 2. The molecular formula is C15H12F2N2O. The average Bonchev–Trinajstić information content (AvgIpc) is 2.46. The number of nitrogens with one attached hydrogen (secondary N) is 1. The molecule has 0 aliphatic heterocycles. The first kappa shape index (κ1) is 13.8. The third-order valence-electron chi connectivity index (χ3n) is 2.69. The van der Waals surface area contributed by atoms with Crippen molar-refractivity contribution in [3.63, 3.8) is 0 Å². The van der Waals surface area contributed by atoms with E-state index < -0.39 is 6.61 Å². The molecule has 3 nitrogen and oxygen atoms in total. The number of nitriles is 1. The zero-order valence-corrected chi connectivity index (χ0v) is 10.5. The summed E-state index contributed by atoms with van der Waals surface area (Å²) in [5.41, 5.74) is 2.00. The molecule has 0 unspecified atom stereocenters. The maximum atomic E-state index is 12.3. The van der Waals surface area contributed by atoms with Gasteiger partial charge in [-0.3, -0.25) is 0 Å². The lowest BCUT2D eigenvalue weighted by atomic mass is 10.2. The maximum absolute atomic E-state index is 12.3. The van der Waals surface area contributed by atoms with Crippen LogP contribution in [0.15, 0.2) is 48.5 Å². The molecule has 20 heavy (non-hydrogen) atoms. The van der Waals surface area contributed by atoms with Gasteiger partial charge in [0.15, 0.2) is 0 Å². The van der Waals surface area contributed by atoms with Crippen LogP contribution in [0.5, 0.6) is 5.75 Å². The molecular weight excluding hydrogens is 262 g/mol. The zero-order chi connectivity index (χ0) is 14.4. The smallest absolute Gasteiger partial charge is 0.387 e. The molecule has 0 aromatic heterocycles. The molecule has 0 heterocycles. The van der Waals surface area contributed by atoms with Crippen molar-refractivity contribution in [1.82, 2.24) is 0 Å². The molecule has 0 saturated heterocycles. The first-order valence-electron chi connectivity index (χ1n) is 5.96. The summed E-state index contributed by atoms with van der Waals surface area (Å²) in [7, 11) is 0. The first-order valence-corrected chi connectivity index (χ1v) is 5.96. The van der Waals surface area contributed by atoms with Crippen LogP contribution in [0, 0.1) is 11.3 Å². The summed E-state index contributed by atoms with van der Waals surface area (Å²) in [5.74, 6) is 0.156. The third kappa shape index (κ3) is 3.69. The van der Waals surface area contributed by atoms with Gasteiger partial charge in [-0.25, -0.2) is 0 Å². The molecule has 102 valence electrons. The normalized spacial score (nSPS) is 10.1. The summed E-state index contributed by atoms with van der Waals surface area (Å²) in [5, 5.41) is 11.8. The molecule has 2 aromatic carbocycles. The second-order valence-corrected chi connectivity index (χ2v) is 4.03. The minimum absolute atomic E-state index is 0.156. The van der Waals surface area contributed by atoms with Crippen LogP contribution in [0.2, 0.25) is 0 Å². The Labute approximate surface area is 115 Å². The summed E-state index contributed by atoms with van der Waals surface area (Å²) in [6.45, 7) is -2.49. The number of benzene rings is 2. The van der Waals surface area contributed by atoms with Crippen LogP contribution >= 0.6 is 0 Å². The van der Waals surface area contributed by atoms with Gasteiger partial charge in [-0.05, 0) is 30.3 Å². The summed E-state index contributed by atoms with van der Waals surface area (Å²) in [6, 6.07) is 15.5. The fourth-order valence-corrected chi connectivity index (χ4v) is 1.72.